The van der Waals surface area contributed by atoms with Crippen molar-refractivity contribution in [2.75, 3.05) is 0 Å². The molecule has 0 unspecified atom stereocenters. The Morgan fingerprint density at radius 3 is 1.35 bits per heavy atom. The second-order valence-corrected chi connectivity index (χ2v) is 3.66. The van der Waals surface area contributed by atoms with Crippen LogP contribution in [-0.4, -0.2) is 22.2 Å². The average molecular weight is 289 g/mol. The van der Waals surface area contributed by atoms with Crippen molar-refractivity contribution >= 4 is 11.9 Å². The van der Waals surface area contributed by atoms with Crippen LogP contribution in [0.25, 0.3) is 0 Å². The SMILES string of the molecule is C[C-](C)C.O=C(O)c1ccccc1C(=O)O.[Zn]. The molecule has 0 aliphatic rings. The molecule has 0 amide bonds. The van der Waals surface area contributed by atoms with Crippen LogP contribution >= 0.6 is 0 Å². The summed E-state index contributed by atoms with van der Waals surface area (Å²) in [5, 5.41) is 17.1. The molecular formula is C12H15O4Zn-. The van der Waals surface area contributed by atoms with E-state index in [-0.39, 0.29) is 30.6 Å². The van der Waals surface area contributed by atoms with Gasteiger partial charge in [0.05, 0.1) is 11.1 Å². The molecule has 2 N–H and O–H groups in total. The summed E-state index contributed by atoms with van der Waals surface area (Å²) in [5.41, 5.74) is -0.380. The third kappa shape index (κ3) is 7.64. The van der Waals surface area contributed by atoms with Gasteiger partial charge in [0.2, 0.25) is 0 Å². The van der Waals surface area contributed by atoms with Crippen LogP contribution in [0, 0.1) is 5.92 Å². The Bertz CT molecular complexity index is 339. The Kier molecular flexibility index (Phi) is 9.49. The summed E-state index contributed by atoms with van der Waals surface area (Å²) in [4.78, 5) is 20.9. The first-order valence-electron chi connectivity index (χ1n) is 4.68. The topological polar surface area (TPSA) is 74.6 Å². The normalized spacial score (nSPS) is 8.71. The largest absolute Gasteiger partial charge is 0.478 e. The van der Waals surface area contributed by atoms with Gasteiger partial charge in [-0.15, -0.1) is 0 Å². The van der Waals surface area contributed by atoms with Gasteiger partial charge in [0.15, 0.2) is 0 Å². The van der Waals surface area contributed by atoms with E-state index in [1.807, 2.05) is 0 Å². The minimum Gasteiger partial charge on any atom is -0.478 e. The van der Waals surface area contributed by atoms with E-state index in [4.69, 9.17) is 10.2 Å². The van der Waals surface area contributed by atoms with Gasteiger partial charge in [-0.2, -0.15) is 20.8 Å². The first kappa shape index (κ1) is 18.2. The molecule has 5 heteroatoms. The Morgan fingerprint density at radius 1 is 0.941 bits per heavy atom. The Labute approximate surface area is 113 Å². The van der Waals surface area contributed by atoms with Crippen molar-refractivity contribution in [3.8, 4) is 0 Å². The maximum Gasteiger partial charge on any atom is 0.336 e. The van der Waals surface area contributed by atoms with Gasteiger partial charge >= 0.3 is 11.9 Å². The zero-order valence-electron chi connectivity index (χ0n) is 10.2. The minimum atomic E-state index is -1.23. The number of rotatable bonds is 2. The number of hydrogen-bond donors (Lipinski definition) is 2. The van der Waals surface area contributed by atoms with Crippen molar-refractivity contribution < 1.29 is 39.3 Å². The number of carboxylic acid groups (broad SMARTS) is 2. The molecule has 0 saturated carbocycles. The van der Waals surface area contributed by atoms with Crippen LogP contribution in [0.1, 0.15) is 41.5 Å². The van der Waals surface area contributed by atoms with Gasteiger partial charge in [0, 0.05) is 19.5 Å². The summed E-state index contributed by atoms with van der Waals surface area (Å²) in [7, 11) is 0. The molecule has 0 radical (unpaired) electrons. The maximum absolute atomic E-state index is 10.5. The van der Waals surface area contributed by atoms with Gasteiger partial charge < -0.3 is 16.1 Å². The molecule has 17 heavy (non-hydrogen) atoms. The van der Waals surface area contributed by atoms with E-state index in [0.29, 0.717) is 0 Å². The van der Waals surface area contributed by atoms with E-state index in [2.05, 4.69) is 20.8 Å². The molecule has 0 atom stereocenters. The van der Waals surface area contributed by atoms with E-state index in [1.54, 1.807) is 0 Å². The molecule has 1 rings (SSSR count). The molecule has 0 aromatic heterocycles. The number of hydrogen-bond acceptors (Lipinski definition) is 2. The summed E-state index contributed by atoms with van der Waals surface area (Å²) in [5.74, 6) is -1.04. The van der Waals surface area contributed by atoms with Gasteiger partial charge in [-0.05, 0) is 12.1 Å². The molecule has 0 heterocycles. The summed E-state index contributed by atoms with van der Waals surface area (Å²) in [6.45, 7) is 6.25. The van der Waals surface area contributed by atoms with Crippen molar-refractivity contribution in [3.05, 3.63) is 41.3 Å². The zero-order valence-corrected chi connectivity index (χ0v) is 13.2. The predicted octanol–water partition coefficient (Wildman–Crippen LogP) is 2.70. The van der Waals surface area contributed by atoms with E-state index in [1.165, 1.54) is 30.2 Å². The molecule has 0 bridgehead atoms. The third-order valence-electron chi connectivity index (χ3n) is 1.39. The fourth-order valence-electron chi connectivity index (χ4n) is 0.856. The molecule has 4 nitrogen and oxygen atoms in total. The first-order chi connectivity index (χ1) is 7.36. The fraction of sp³-hybridized carbons (Fsp3) is 0.250. The van der Waals surface area contributed by atoms with Crippen LogP contribution in [0.5, 0.6) is 0 Å². The zero-order chi connectivity index (χ0) is 12.7. The van der Waals surface area contributed by atoms with Gasteiger partial charge in [-0.3, -0.25) is 0 Å². The molecule has 0 aliphatic heterocycles. The smallest absolute Gasteiger partial charge is 0.336 e. The molecule has 90 valence electrons. The minimum absolute atomic E-state index is 0. The Morgan fingerprint density at radius 2 is 1.18 bits per heavy atom. The summed E-state index contributed by atoms with van der Waals surface area (Å²) in [6, 6.07) is 5.48. The molecule has 0 saturated heterocycles. The molecule has 0 fully saturated rings. The second-order valence-electron chi connectivity index (χ2n) is 3.66. The van der Waals surface area contributed by atoms with E-state index in [9.17, 15) is 9.59 Å². The van der Waals surface area contributed by atoms with Gasteiger partial charge in [0.1, 0.15) is 0 Å². The van der Waals surface area contributed by atoms with Crippen LogP contribution in [0.3, 0.4) is 0 Å². The molecule has 0 spiro atoms. The summed E-state index contributed by atoms with van der Waals surface area (Å²) < 4.78 is 0. The molecule has 1 aromatic rings. The standard InChI is InChI=1S/C8H6O4.C4H9.Zn/c9-7(10)5-3-1-2-4-6(5)8(11)12;1-4(2)3;/h1-4H,(H,9,10)(H,11,12);1-3H3;/q;-1;. The van der Waals surface area contributed by atoms with Crippen LogP contribution in [-0.2, 0) is 19.5 Å². The van der Waals surface area contributed by atoms with Crippen LogP contribution in [0.15, 0.2) is 24.3 Å². The van der Waals surface area contributed by atoms with Crippen molar-refractivity contribution in [2.24, 2.45) is 0 Å². The fourth-order valence-corrected chi connectivity index (χ4v) is 0.856. The maximum atomic E-state index is 10.5. The average Bonchev–Trinajstić information content (AvgIpc) is 2.16. The number of benzene rings is 1. The number of aromatic carboxylic acids is 2. The Balaban J connectivity index is 0. The van der Waals surface area contributed by atoms with Gasteiger partial charge in [-0.1, -0.05) is 12.1 Å². The quantitative estimate of drug-likeness (QED) is 0.648. The third-order valence-corrected chi connectivity index (χ3v) is 1.39. The van der Waals surface area contributed by atoms with Crippen molar-refractivity contribution in [1.82, 2.24) is 0 Å². The number of carboxylic acids is 2. The van der Waals surface area contributed by atoms with Crippen LogP contribution in [0.2, 0.25) is 0 Å². The van der Waals surface area contributed by atoms with E-state index >= 15 is 0 Å². The van der Waals surface area contributed by atoms with Crippen molar-refractivity contribution in [1.29, 1.82) is 0 Å². The van der Waals surface area contributed by atoms with E-state index < -0.39 is 11.9 Å². The van der Waals surface area contributed by atoms with Gasteiger partial charge in [0.25, 0.3) is 0 Å². The van der Waals surface area contributed by atoms with Crippen molar-refractivity contribution in [2.45, 2.75) is 20.8 Å². The summed E-state index contributed by atoms with van der Waals surface area (Å²) in [6.07, 6.45) is 0. The van der Waals surface area contributed by atoms with Crippen molar-refractivity contribution in [3.63, 3.8) is 0 Å². The first-order valence-corrected chi connectivity index (χ1v) is 4.68. The Hall–Kier alpha value is -1.22. The van der Waals surface area contributed by atoms with Crippen LogP contribution < -0.4 is 0 Å². The van der Waals surface area contributed by atoms with Crippen LogP contribution in [0.4, 0.5) is 0 Å². The molecule has 1 aromatic carbocycles. The summed E-state index contributed by atoms with van der Waals surface area (Å²) >= 11 is 0. The van der Waals surface area contributed by atoms with Gasteiger partial charge in [-0.25, -0.2) is 9.59 Å². The molecular weight excluding hydrogens is 274 g/mol. The second kappa shape index (κ2) is 8.88. The number of carbonyl (C=O) groups is 2. The molecule has 0 aliphatic carbocycles. The predicted molar refractivity (Wildman–Crippen MR) is 60.6 cm³/mol. The monoisotopic (exact) mass is 287 g/mol. The van der Waals surface area contributed by atoms with E-state index in [0.717, 1.165) is 0 Å².